The molecule has 0 spiro atoms. The van der Waals surface area contributed by atoms with Crippen LogP contribution in [0.25, 0.3) is 16.6 Å². The van der Waals surface area contributed by atoms with Crippen molar-refractivity contribution in [1.29, 1.82) is 0 Å². The number of aromatic nitrogens is 2. The lowest BCUT2D eigenvalue weighted by Crippen LogP contribution is -2.23. The van der Waals surface area contributed by atoms with Gasteiger partial charge >= 0.3 is 0 Å². The number of nitrogens with one attached hydrogen (secondary N) is 2. The van der Waals surface area contributed by atoms with Gasteiger partial charge in [-0.05, 0) is 50.0 Å². The fourth-order valence-electron chi connectivity index (χ4n) is 3.52. The van der Waals surface area contributed by atoms with Crippen LogP contribution in [0.5, 0.6) is 0 Å². The second-order valence-corrected chi connectivity index (χ2v) is 7.83. The Balaban J connectivity index is 0.00000193. The Hall–Kier alpha value is -3.54. The maximum atomic E-state index is 13.9. The summed E-state index contributed by atoms with van der Waals surface area (Å²) < 4.78 is 13.9. The van der Waals surface area contributed by atoms with Gasteiger partial charge in [-0.15, -0.1) is 0 Å². The molecule has 2 N–H and O–H groups in total. The number of allylic oxidation sites excluding steroid dienone is 8. The van der Waals surface area contributed by atoms with Crippen molar-refractivity contribution in [2.75, 3.05) is 0 Å². The molecule has 5 nitrogen and oxygen atoms in total. The lowest BCUT2D eigenvalue weighted by Gasteiger charge is -2.15. The minimum Gasteiger partial charge on any atom is -0.346 e. The number of carbonyl (C=O) groups excluding carboxylic acids is 1. The van der Waals surface area contributed by atoms with E-state index < -0.39 is 0 Å². The fraction of sp³-hybridized carbons (Fsp3) is 0.240. The number of hydrogen-bond acceptors (Lipinski definition) is 3. The molecule has 3 heterocycles. The normalized spacial score (nSPS) is 24.8. The van der Waals surface area contributed by atoms with Crippen LogP contribution >= 0.6 is 0 Å². The highest BCUT2D eigenvalue weighted by Crippen LogP contribution is 2.27. The summed E-state index contributed by atoms with van der Waals surface area (Å²) in [6.45, 7) is 3.77. The SMILES string of the molecule is CC1=N/C=C\CC\C=C(c2c[nH]c3ncc(C(=O)NC4=CCC(C)C(F)=C4)cc23)/C=C\1.[HH].[HH]. The van der Waals surface area contributed by atoms with Crippen molar-refractivity contribution in [2.24, 2.45) is 10.9 Å². The fourth-order valence-corrected chi connectivity index (χ4v) is 3.52. The lowest BCUT2D eigenvalue weighted by molar-refractivity contribution is 0.0966. The maximum absolute atomic E-state index is 13.9. The molecule has 0 saturated heterocycles. The van der Waals surface area contributed by atoms with E-state index in [0.29, 0.717) is 23.3 Å². The van der Waals surface area contributed by atoms with Crippen molar-refractivity contribution in [2.45, 2.75) is 33.1 Å². The third-order valence-electron chi connectivity index (χ3n) is 5.40. The van der Waals surface area contributed by atoms with E-state index in [9.17, 15) is 9.18 Å². The molecule has 0 radical (unpaired) electrons. The Morgan fingerprint density at radius 1 is 1.29 bits per heavy atom. The van der Waals surface area contributed by atoms with Gasteiger partial charge in [-0.2, -0.15) is 0 Å². The second kappa shape index (κ2) is 9.08. The minimum atomic E-state index is -0.310. The highest BCUT2D eigenvalue weighted by Gasteiger charge is 2.17. The Labute approximate surface area is 183 Å². The van der Waals surface area contributed by atoms with Crippen LogP contribution in [0.4, 0.5) is 4.39 Å². The molecule has 2 aromatic rings. The molecular formula is C25H29FN4O. The number of nitrogens with zero attached hydrogens (tertiary/aromatic N) is 2. The first-order valence-electron chi connectivity index (χ1n) is 10.4. The number of H-pyrrole nitrogens is 1. The van der Waals surface area contributed by atoms with E-state index in [0.717, 1.165) is 35.1 Å². The highest BCUT2D eigenvalue weighted by molar-refractivity contribution is 6.02. The zero-order valence-corrected chi connectivity index (χ0v) is 17.7. The third-order valence-corrected chi connectivity index (χ3v) is 5.40. The van der Waals surface area contributed by atoms with Gasteiger partial charge in [0.2, 0.25) is 0 Å². The molecule has 1 unspecified atom stereocenters. The van der Waals surface area contributed by atoms with Gasteiger partial charge in [0.1, 0.15) is 11.5 Å². The number of rotatable bonds is 3. The van der Waals surface area contributed by atoms with E-state index in [2.05, 4.69) is 26.4 Å². The van der Waals surface area contributed by atoms with E-state index in [1.165, 1.54) is 12.3 Å². The van der Waals surface area contributed by atoms with Gasteiger partial charge in [0.25, 0.3) is 5.91 Å². The quantitative estimate of drug-likeness (QED) is 0.614. The molecule has 162 valence electrons. The van der Waals surface area contributed by atoms with Crippen LogP contribution in [0.15, 0.2) is 77.6 Å². The summed E-state index contributed by atoms with van der Waals surface area (Å²) in [7, 11) is 0. The van der Waals surface area contributed by atoms with Gasteiger partial charge < -0.3 is 10.3 Å². The first-order valence-corrected chi connectivity index (χ1v) is 10.4. The molecule has 1 aliphatic carbocycles. The Bertz CT molecular complexity index is 1200. The predicted molar refractivity (Wildman–Crippen MR) is 127 cm³/mol. The van der Waals surface area contributed by atoms with E-state index in [1.807, 2.05) is 56.6 Å². The molecule has 0 bridgehead atoms. The third kappa shape index (κ3) is 4.79. The van der Waals surface area contributed by atoms with Crippen molar-refractivity contribution >= 4 is 28.2 Å². The van der Waals surface area contributed by atoms with Crippen LogP contribution in [0, 0.1) is 5.92 Å². The summed E-state index contributed by atoms with van der Waals surface area (Å²) in [5.41, 5.74) is 4.55. The molecule has 1 atom stereocenters. The Kier molecular flexibility index (Phi) is 6.07. The van der Waals surface area contributed by atoms with Crippen LogP contribution in [0.3, 0.4) is 0 Å². The molecule has 0 aromatic carbocycles. The van der Waals surface area contributed by atoms with Gasteiger partial charge in [-0.1, -0.05) is 31.2 Å². The van der Waals surface area contributed by atoms with Crippen LogP contribution in [-0.2, 0) is 0 Å². The second-order valence-electron chi connectivity index (χ2n) is 7.83. The zero-order chi connectivity index (χ0) is 21.8. The van der Waals surface area contributed by atoms with Crippen LogP contribution in [0.1, 0.15) is 51.9 Å². The standard InChI is InChI=1S/C25H25FN4O.2H2/c1-16-7-10-20(13-23(16)26)30-25(31)19-12-21-22(15-29-24(21)28-14-19)18-6-4-3-5-11-27-17(2)8-9-18;;/h5-6,8-16H,3-4,7H2,1-2H3,(H,28,29)(H,30,31);2*1H/b9-8-,11-5-,18-6+,27-17-;;. The van der Waals surface area contributed by atoms with Crippen molar-refractivity contribution in [1.82, 2.24) is 15.3 Å². The number of fused-ring (bicyclic) bond motifs is 1. The molecule has 6 heteroatoms. The number of aliphatic imine (C=N–C) groups is 1. The number of pyridine rings is 1. The topological polar surface area (TPSA) is 70.1 Å². The maximum Gasteiger partial charge on any atom is 0.257 e. The first kappa shape index (κ1) is 20.7. The molecule has 0 saturated carbocycles. The Morgan fingerprint density at radius 3 is 3.00 bits per heavy atom. The van der Waals surface area contributed by atoms with E-state index in [4.69, 9.17) is 0 Å². The van der Waals surface area contributed by atoms with E-state index in [1.54, 1.807) is 0 Å². The van der Waals surface area contributed by atoms with E-state index in [-0.39, 0.29) is 20.5 Å². The minimum absolute atomic E-state index is 0. The largest absolute Gasteiger partial charge is 0.346 e. The van der Waals surface area contributed by atoms with E-state index >= 15 is 0 Å². The summed E-state index contributed by atoms with van der Waals surface area (Å²) in [6.07, 6.45) is 19.1. The summed E-state index contributed by atoms with van der Waals surface area (Å²) in [6, 6.07) is 1.82. The molecule has 2 aliphatic rings. The van der Waals surface area contributed by atoms with Gasteiger partial charge in [0, 0.05) is 49.7 Å². The summed E-state index contributed by atoms with van der Waals surface area (Å²) in [4.78, 5) is 24.8. The van der Waals surface area contributed by atoms with Crippen LogP contribution in [-0.4, -0.2) is 21.6 Å². The predicted octanol–water partition coefficient (Wildman–Crippen LogP) is 6.27. The molecular weight excluding hydrogens is 391 g/mol. The molecule has 1 amide bonds. The Morgan fingerprint density at radius 2 is 2.16 bits per heavy atom. The number of halogens is 1. The molecule has 31 heavy (non-hydrogen) atoms. The zero-order valence-electron chi connectivity index (χ0n) is 17.7. The molecule has 1 aliphatic heterocycles. The van der Waals surface area contributed by atoms with Crippen molar-refractivity contribution < 1.29 is 12.0 Å². The summed E-state index contributed by atoms with van der Waals surface area (Å²) >= 11 is 0. The van der Waals surface area contributed by atoms with Gasteiger partial charge in [-0.25, -0.2) is 9.37 Å². The van der Waals surface area contributed by atoms with Crippen LogP contribution < -0.4 is 5.32 Å². The van der Waals surface area contributed by atoms with Crippen molar-refractivity contribution in [3.63, 3.8) is 0 Å². The number of aromatic amines is 1. The average molecular weight is 421 g/mol. The smallest absolute Gasteiger partial charge is 0.257 e. The number of hydrogen-bond donors (Lipinski definition) is 2. The van der Waals surface area contributed by atoms with Crippen molar-refractivity contribution in [3.05, 3.63) is 83.8 Å². The van der Waals surface area contributed by atoms with Gasteiger partial charge in [0.05, 0.1) is 5.56 Å². The lowest BCUT2D eigenvalue weighted by atomic mass is 10.00. The highest BCUT2D eigenvalue weighted by atomic mass is 19.1. The average Bonchev–Trinajstić information content (AvgIpc) is 3.18. The van der Waals surface area contributed by atoms with Crippen LogP contribution in [0.2, 0.25) is 0 Å². The van der Waals surface area contributed by atoms with Crippen molar-refractivity contribution in [3.8, 4) is 0 Å². The summed E-state index contributed by atoms with van der Waals surface area (Å²) in [5, 5.41) is 3.64. The first-order chi connectivity index (χ1) is 15.0. The number of carbonyl (C=O) groups is 1. The van der Waals surface area contributed by atoms with Gasteiger partial charge in [0.15, 0.2) is 0 Å². The molecule has 0 fully saturated rings. The monoisotopic (exact) mass is 420 g/mol. The molecule has 2 aromatic heterocycles. The summed E-state index contributed by atoms with van der Waals surface area (Å²) in [5.74, 6) is -0.679. The number of amides is 1. The molecule has 4 rings (SSSR count). The van der Waals surface area contributed by atoms with Gasteiger partial charge in [-0.3, -0.25) is 9.79 Å².